The van der Waals surface area contributed by atoms with Crippen LogP contribution < -0.4 is 10.1 Å². The van der Waals surface area contributed by atoms with Crippen molar-refractivity contribution in [1.82, 2.24) is 5.32 Å². The molecule has 20 heavy (non-hydrogen) atoms. The van der Waals surface area contributed by atoms with Crippen molar-refractivity contribution in [2.75, 3.05) is 6.54 Å². The monoisotopic (exact) mass is 293 g/mol. The summed E-state index contributed by atoms with van der Waals surface area (Å²) in [6.07, 6.45) is 0. The molecule has 0 aliphatic carbocycles. The van der Waals surface area contributed by atoms with Gasteiger partial charge >= 0.3 is 0 Å². The number of rotatable bonds is 6. The molecule has 2 aromatic carbocycles. The quantitative estimate of drug-likeness (QED) is 0.863. The van der Waals surface area contributed by atoms with Gasteiger partial charge in [0.05, 0.1) is 5.02 Å². The van der Waals surface area contributed by atoms with Gasteiger partial charge in [0.1, 0.15) is 18.2 Å². The summed E-state index contributed by atoms with van der Waals surface area (Å²) < 4.78 is 18.6. The van der Waals surface area contributed by atoms with E-state index in [4.69, 9.17) is 16.3 Å². The number of halogens is 2. The molecule has 0 aromatic heterocycles. The fraction of sp³-hybridized carbons (Fsp3) is 0.250. The van der Waals surface area contributed by atoms with Gasteiger partial charge in [0.25, 0.3) is 0 Å². The average molecular weight is 294 g/mol. The van der Waals surface area contributed by atoms with Crippen molar-refractivity contribution >= 4 is 11.6 Å². The first-order valence-corrected chi connectivity index (χ1v) is 6.93. The van der Waals surface area contributed by atoms with E-state index in [1.165, 1.54) is 12.1 Å². The van der Waals surface area contributed by atoms with Crippen LogP contribution in [0.5, 0.6) is 5.75 Å². The summed E-state index contributed by atoms with van der Waals surface area (Å²) >= 11 is 5.97. The Morgan fingerprint density at radius 3 is 2.80 bits per heavy atom. The van der Waals surface area contributed by atoms with E-state index < -0.39 is 0 Å². The molecule has 0 bridgehead atoms. The minimum Gasteiger partial charge on any atom is -0.489 e. The summed E-state index contributed by atoms with van der Waals surface area (Å²) in [5, 5.41) is 3.65. The minimum atomic E-state index is -0.341. The lowest BCUT2D eigenvalue weighted by Gasteiger charge is -2.09. The predicted octanol–water partition coefficient (Wildman–Crippen LogP) is 4.17. The smallest absolute Gasteiger partial charge is 0.124 e. The topological polar surface area (TPSA) is 21.3 Å². The van der Waals surface area contributed by atoms with Crippen molar-refractivity contribution in [3.05, 3.63) is 64.4 Å². The van der Waals surface area contributed by atoms with Gasteiger partial charge in [0, 0.05) is 12.1 Å². The fourth-order valence-corrected chi connectivity index (χ4v) is 2.04. The lowest BCUT2D eigenvalue weighted by Crippen LogP contribution is -2.11. The summed E-state index contributed by atoms with van der Waals surface area (Å²) in [5.41, 5.74) is 1.93. The third-order valence-corrected chi connectivity index (χ3v) is 3.24. The van der Waals surface area contributed by atoms with Gasteiger partial charge in [0.2, 0.25) is 0 Å². The maximum absolute atomic E-state index is 12.9. The van der Waals surface area contributed by atoms with Crippen LogP contribution in [-0.4, -0.2) is 6.54 Å². The number of nitrogens with one attached hydrogen (secondary N) is 1. The van der Waals surface area contributed by atoms with Crippen molar-refractivity contribution in [2.45, 2.75) is 20.1 Å². The molecule has 2 rings (SSSR count). The van der Waals surface area contributed by atoms with Crippen LogP contribution >= 0.6 is 11.6 Å². The first kappa shape index (κ1) is 14.8. The Balaban J connectivity index is 1.99. The highest BCUT2D eigenvalue weighted by Gasteiger charge is 2.03. The van der Waals surface area contributed by atoms with Gasteiger partial charge in [-0.3, -0.25) is 0 Å². The molecule has 2 aromatic rings. The molecule has 2 nitrogen and oxygen atoms in total. The predicted molar refractivity (Wildman–Crippen MR) is 79.6 cm³/mol. The highest BCUT2D eigenvalue weighted by atomic mass is 35.5. The van der Waals surface area contributed by atoms with E-state index in [2.05, 4.69) is 12.2 Å². The Morgan fingerprint density at radius 2 is 2.05 bits per heavy atom. The van der Waals surface area contributed by atoms with Crippen LogP contribution in [0.15, 0.2) is 42.5 Å². The summed E-state index contributed by atoms with van der Waals surface area (Å²) in [6, 6.07) is 12.2. The first-order chi connectivity index (χ1) is 9.69. The second-order valence-corrected chi connectivity index (χ2v) is 4.86. The van der Waals surface area contributed by atoms with Crippen LogP contribution in [0.25, 0.3) is 0 Å². The highest BCUT2D eigenvalue weighted by molar-refractivity contribution is 6.31. The van der Waals surface area contributed by atoms with Gasteiger partial charge in [-0.15, -0.1) is 0 Å². The highest BCUT2D eigenvalue weighted by Crippen LogP contribution is 2.20. The lowest BCUT2D eigenvalue weighted by atomic mass is 10.2. The van der Waals surface area contributed by atoms with Crippen molar-refractivity contribution in [2.24, 2.45) is 0 Å². The van der Waals surface area contributed by atoms with E-state index in [9.17, 15) is 4.39 Å². The van der Waals surface area contributed by atoms with Crippen molar-refractivity contribution in [3.8, 4) is 5.75 Å². The maximum atomic E-state index is 12.9. The molecule has 0 aliphatic heterocycles. The van der Waals surface area contributed by atoms with Crippen LogP contribution in [0, 0.1) is 5.82 Å². The molecule has 0 fully saturated rings. The first-order valence-electron chi connectivity index (χ1n) is 6.55. The molecule has 106 valence electrons. The second kappa shape index (κ2) is 7.27. The normalized spacial score (nSPS) is 10.6. The molecular formula is C16H17ClFNO. The van der Waals surface area contributed by atoms with E-state index in [0.717, 1.165) is 30.0 Å². The Labute approximate surface area is 123 Å². The molecule has 0 aliphatic rings. The molecule has 0 radical (unpaired) electrons. The Hall–Kier alpha value is -1.58. The van der Waals surface area contributed by atoms with E-state index >= 15 is 0 Å². The Bertz CT molecular complexity index is 574. The van der Waals surface area contributed by atoms with Crippen LogP contribution in [0.1, 0.15) is 18.1 Å². The fourth-order valence-electron chi connectivity index (χ4n) is 1.81. The van der Waals surface area contributed by atoms with Gasteiger partial charge in [-0.2, -0.15) is 0 Å². The molecule has 0 spiro atoms. The molecular weight excluding hydrogens is 277 g/mol. The molecule has 0 saturated heterocycles. The van der Waals surface area contributed by atoms with E-state index in [0.29, 0.717) is 11.6 Å². The second-order valence-electron chi connectivity index (χ2n) is 4.45. The van der Waals surface area contributed by atoms with Gasteiger partial charge in [-0.1, -0.05) is 36.7 Å². The number of ether oxygens (including phenoxy) is 1. The van der Waals surface area contributed by atoms with Crippen LogP contribution in [0.4, 0.5) is 4.39 Å². The van der Waals surface area contributed by atoms with Crippen LogP contribution in [0.2, 0.25) is 5.02 Å². The van der Waals surface area contributed by atoms with Crippen molar-refractivity contribution in [3.63, 3.8) is 0 Å². The van der Waals surface area contributed by atoms with Gasteiger partial charge in [-0.05, 0) is 36.4 Å². The summed E-state index contributed by atoms with van der Waals surface area (Å²) in [5.74, 6) is 0.437. The molecule has 4 heteroatoms. The summed E-state index contributed by atoms with van der Waals surface area (Å²) in [4.78, 5) is 0. The number of hydrogen-bond acceptors (Lipinski definition) is 2. The molecule has 0 unspecified atom stereocenters. The standard InChI is InChI=1S/C16H17ClFNO/c1-2-19-10-12-4-3-5-15(8-12)20-11-13-6-7-14(18)9-16(13)17/h3-9,19H,2,10-11H2,1H3. The molecule has 0 saturated carbocycles. The number of benzene rings is 2. The van der Waals surface area contributed by atoms with Gasteiger partial charge < -0.3 is 10.1 Å². The van der Waals surface area contributed by atoms with E-state index in [1.54, 1.807) is 6.07 Å². The van der Waals surface area contributed by atoms with E-state index in [-0.39, 0.29) is 5.82 Å². The molecule has 0 amide bonds. The zero-order chi connectivity index (χ0) is 14.4. The van der Waals surface area contributed by atoms with Crippen LogP contribution in [-0.2, 0) is 13.2 Å². The Kier molecular flexibility index (Phi) is 5.39. The average Bonchev–Trinajstić information content (AvgIpc) is 2.45. The zero-order valence-electron chi connectivity index (χ0n) is 11.3. The largest absolute Gasteiger partial charge is 0.489 e. The summed E-state index contributed by atoms with van der Waals surface area (Å²) in [6.45, 7) is 4.13. The molecule has 1 N–H and O–H groups in total. The Morgan fingerprint density at radius 1 is 1.20 bits per heavy atom. The van der Waals surface area contributed by atoms with Gasteiger partial charge in [-0.25, -0.2) is 4.39 Å². The third-order valence-electron chi connectivity index (χ3n) is 2.89. The zero-order valence-corrected chi connectivity index (χ0v) is 12.1. The van der Waals surface area contributed by atoms with Gasteiger partial charge in [0.15, 0.2) is 0 Å². The molecule has 0 heterocycles. The van der Waals surface area contributed by atoms with E-state index in [1.807, 2.05) is 24.3 Å². The third kappa shape index (κ3) is 4.22. The minimum absolute atomic E-state index is 0.323. The van der Waals surface area contributed by atoms with Crippen molar-refractivity contribution in [1.29, 1.82) is 0 Å². The van der Waals surface area contributed by atoms with Crippen molar-refractivity contribution < 1.29 is 9.13 Å². The summed E-state index contributed by atoms with van der Waals surface area (Å²) in [7, 11) is 0. The van der Waals surface area contributed by atoms with Crippen LogP contribution in [0.3, 0.4) is 0 Å². The number of hydrogen-bond donors (Lipinski definition) is 1. The molecule has 0 atom stereocenters. The maximum Gasteiger partial charge on any atom is 0.124 e. The lowest BCUT2D eigenvalue weighted by molar-refractivity contribution is 0.306. The SMILES string of the molecule is CCNCc1cccc(OCc2ccc(F)cc2Cl)c1.